The molecule has 0 saturated carbocycles. The summed E-state index contributed by atoms with van der Waals surface area (Å²) in [5.74, 6) is 0.0678. The van der Waals surface area contributed by atoms with E-state index in [1.807, 2.05) is 42.5 Å². The number of carbonyl (C=O) groups excluding carboxylic acids is 1. The molecule has 0 fully saturated rings. The Labute approximate surface area is 133 Å². The Balaban J connectivity index is 1.90. The van der Waals surface area contributed by atoms with E-state index in [9.17, 15) is 4.79 Å². The third kappa shape index (κ3) is 2.36. The zero-order chi connectivity index (χ0) is 15.8. The number of carbonyl (C=O) groups is 1. The lowest BCUT2D eigenvalue weighted by Crippen LogP contribution is -1.92. The molecular weight excluding hydrogens is 284 g/mol. The van der Waals surface area contributed by atoms with E-state index in [1.54, 1.807) is 13.1 Å². The molecule has 0 aliphatic rings. The standard InChI is InChI=1S/C20H14N2O/c1-13(23)14-4-6-15(7-5-14)18-11-10-17-9-8-16-3-2-12-21-19(16)20(17)22-18/h2-12H,1H3. The van der Waals surface area contributed by atoms with Crippen molar-refractivity contribution in [2.75, 3.05) is 0 Å². The first-order valence-corrected chi connectivity index (χ1v) is 7.48. The minimum atomic E-state index is 0.0678. The molecule has 0 saturated heterocycles. The lowest BCUT2D eigenvalue weighted by molar-refractivity contribution is 0.101. The molecule has 0 unspecified atom stereocenters. The van der Waals surface area contributed by atoms with Gasteiger partial charge in [-0.05, 0) is 19.1 Å². The summed E-state index contributed by atoms with van der Waals surface area (Å²) in [5.41, 5.74) is 4.39. The van der Waals surface area contributed by atoms with Gasteiger partial charge < -0.3 is 0 Å². The summed E-state index contributed by atoms with van der Waals surface area (Å²) in [4.78, 5) is 20.7. The van der Waals surface area contributed by atoms with Crippen LogP contribution >= 0.6 is 0 Å². The largest absolute Gasteiger partial charge is 0.295 e. The van der Waals surface area contributed by atoms with Crippen molar-refractivity contribution < 1.29 is 4.79 Å². The third-order valence-electron chi connectivity index (χ3n) is 4.02. The maximum Gasteiger partial charge on any atom is 0.159 e. The van der Waals surface area contributed by atoms with Gasteiger partial charge >= 0.3 is 0 Å². The van der Waals surface area contributed by atoms with Gasteiger partial charge in [-0.2, -0.15) is 0 Å². The third-order valence-corrected chi connectivity index (χ3v) is 4.02. The maximum absolute atomic E-state index is 11.4. The Hall–Kier alpha value is -3.07. The zero-order valence-corrected chi connectivity index (χ0v) is 12.7. The molecule has 2 heterocycles. The molecule has 0 N–H and O–H groups in total. The van der Waals surface area contributed by atoms with Crippen LogP contribution in [0, 0.1) is 0 Å². The van der Waals surface area contributed by atoms with Crippen molar-refractivity contribution in [1.29, 1.82) is 0 Å². The molecule has 4 rings (SSSR count). The first kappa shape index (κ1) is 13.6. The molecule has 0 atom stereocenters. The molecule has 0 radical (unpaired) electrons. The second kappa shape index (κ2) is 5.29. The Morgan fingerprint density at radius 3 is 2.26 bits per heavy atom. The number of Topliss-reactive ketones (excluding diaryl/α,β-unsaturated/α-hetero) is 1. The van der Waals surface area contributed by atoms with Gasteiger partial charge in [0.15, 0.2) is 5.78 Å². The number of aromatic nitrogens is 2. The first-order chi connectivity index (χ1) is 11.2. The zero-order valence-electron chi connectivity index (χ0n) is 12.7. The van der Waals surface area contributed by atoms with Crippen LogP contribution in [0.15, 0.2) is 66.9 Å². The van der Waals surface area contributed by atoms with Crippen LogP contribution in [-0.2, 0) is 0 Å². The van der Waals surface area contributed by atoms with Crippen molar-refractivity contribution in [2.45, 2.75) is 6.92 Å². The number of hydrogen-bond donors (Lipinski definition) is 0. The van der Waals surface area contributed by atoms with Crippen molar-refractivity contribution in [3.05, 3.63) is 72.4 Å². The van der Waals surface area contributed by atoms with E-state index in [2.05, 4.69) is 23.2 Å². The Bertz CT molecular complexity index is 1040. The molecule has 2 aromatic carbocycles. The lowest BCUT2D eigenvalue weighted by Gasteiger charge is -2.06. The Morgan fingerprint density at radius 1 is 0.826 bits per heavy atom. The molecular formula is C20H14N2O. The summed E-state index contributed by atoms with van der Waals surface area (Å²) in [6.07, 6.45) is 1.79. The van der Waals surface area contributed by atoms with Crippen LogP contribution < -0.4 is 0 Å². The highest BCUT2D eigenvalue weighted by Crippen LogP contribution is 2.26. The predicted octanol–water partition coefficient (Wildman–Crippen LogP) is 4.65. The van der Waals surface area contributed by atoms with Crippen molar-refractivity contribution in [3.63, 3.8) is 0 Å². The minimum Gasteiger partial charge on any atom is -0.295 e. The van der Waals surface area contributed by atoms with Gasteiger partial charge in [-0.15, -0.1) is 0 Å². The number of fused-ring (bicyclic) bond motifs is 3. The number of benzene rings is 2. The topological polar surface area (TPSA) is 42.9 Å². The number of ketones is 1. The van der Waals surface area contributed by atoms with E-state index < -0.39 is 0 Å². The van der Waals surface area contributed by atoms with Crippen LogP contribution in [0.4, 0.5) is 0 Å². The van der Waals surface area contributed by atoms with E-state index in [0.29, 0.717) is 5.56 Å². The maximum atomic E-state index is 11.4. The normalized spacial score (nSPS) is 11.0. The highest BCUT2D eigenvalue weighted by atomic mass is 16.1. The van der Waals surface area contributed by atoms with Gasteiger partial charge in [0.25, 0.3) is 0 Å². The highest BCUT2D eigenvalue weighted by molar-refractivity contribution is 6.03. The smallest absolute Gasteiger partial charge is 0.159 e. The van der Waals surface area contributed by atoms with Gasteiger partial charge in [-0.1, -0.05) is 48.5 Å². The molecule has 3 heteroatoms. The fraction of sp³-hybridized carbons (Fsp3) is 0.0500. The van der Waals surface area contributed by atoms with E-state index in [-0.39, 0.29) is 5.78 Å². The number of nitrogens with zero attached hydrogens (tertiary/aromatic N) is 2. The van der Waals surface area contributed by atoms with Gasteiger partial charge in [0.2, 0.25) is 0 Å². The van der Waals surface area contributed by atoms with Crippen molar-refractivity contribution >= 4 is 27.6 Å². The van der Waals surface area contributed by atoms with Crippen molar-refractivity contribution in [3.8, 4) is 11.3 Å². The molecule has 23 heavy (non-hydrogen) atoms. The van der Waals surface area contributed by atoms with E-state index in [0.717, 1.165) is 33.1 Å². The van der Waals surface area contributed by atoms with Crippen LogP contribution in [0.25, 0.3) is 33.1 Å². The van der Waals surface area contributed by atoms with Gasteiger partial charge in [0, 0.05) is 28.1 Å². The number of rotatable bonds is 2. The summed E-state index contributed by atoms with van der Waals surface area (Å²) >= 11 is 0. The van der Waals surface area contributed by atoms with Crippen LogP contribution in [-0.4, -0.2) is 15.8 Å². The highest BCUT2D eigenvalue weighted by Gasteiger charge is 2.06. The molecule has 0 aliphatic carbocycles. The second-order valence-corrected chi connectivity index (χ2v) is 5.54. The summed E-state index contributed by atoms with van der Waals surface area (Å²) < 4.78 is 0. The summed E-state index contributed by atoms with van der Waals surface area (Å²) in [5, 5.41) is 2.15. The summed E-state index contributed by atoms with van der Waals surface area (Å²) in [6, 6.07) is 19.7. The van der Waals surface area contributed by atoms with Gasteiger partial charge in [-0.3, -0.25) is 9.78 Å². The lowest BCUT2D eigenvalue weighted by atomic mass is 10.0. The van der Waals surface area contributed by atoms with Gasteiger partial charge in [0.05, 0.1) is 16.7 Å². The molecule has 0 bridgehead atoms. The van der Waals surface area contributed by atoms with Crippen LogP contribution in [0.1, 0.15) is 17.3 Å². The fourth-order valence-corrected chi connectivity index (χ4v) is 2.76. The molecule has 110 valence electrons. The average molecular weight is 298 g/mol. The Kier molecular flexibility index (Phi) is 3.12. The summed E-state index contributed by atoms with van der Waals surface area (Å²) in [7, 11) is 0. The predicted molar refractivity (Wildman–Crippen MR) is 92.5 cm³/mol. The van der Waals surface area contributed by atoms with Crippen LogP contribution in [0.5, 0.6) is 0 Å². The SMILES string of the molecule is CC(=O)c1ccc(-c2ccc3ccc4cccnc4c3n2)cc1. The molecule has 4 aromatic rings. The Morgan fingerprint density at radius 2 is 1.52 bits per heavy atom. The molecule has 0 spiro atoms. The number of hydrogen-bond acceptors (Lipinski definition) is 3. The second-order valence-electron chi connectivity index (χ2n) is 5.54. The number of pyridine rings is 2. The average Bonchev–Trinajstić information content (AvgIpc) is 2.61. The molecule has 2 aromatic heterocycles. The van der Waals surface area contributed by atoms with Crippen molar-refractivity contribution in [2.24, 2.45) is 0 Å². The van der Waals surface area contributed by atoms with E-state index >= 15 is 0 Å². The molecule has 0 aliphatic heterocycles. The van der Waals surface area contributed by atoms with E-state index in [1.165, 1.54) is 0 Å². The fourth-order valence-electron chi connectivity index (χ4n) is 2.76. The quantitative estimate of drug-likeness (QED) is 0.399. The van der Waals surface area contributed by atoms with Crippen LogP contribution in [0.2, 0.25) is 0 Å². The minimum absolute atomic E-state index is 0.0678. The van der Waals surface area contributed by atoms with Crippen molar-refractivity contribution in [1.82, 2.24) is 9.97 Å². The molecule has 3 nitrogen and oxygen atoms in total. The van der Waals surface area contributed by atoms with Crippen LogP contribution in [0.3, 0.4) is 0 Å². The van der Waals surface area contributed by atoms with E-state index in [4.69, 9.17) is 4.98 Å². The van der Waals surface area contributed by atoms with Gasteiger partial charge in [-0.25, -0.2) is 4.98 Å². The monoisotopic (exact) mass is 298 g/mol. The first-order valence-electron chi connectivity index (χ1n) is 7.48. The van der Waals surface area contributed by atoms with Gasteiger partial charge in [0.1, 0.15) is 0 Å². The molecule has 0 amide bonds. The summed E-state index contributed by atoms with van der Waals surface area (Å²) in [6.45, 7) is 1.57.